The minimum atomic E-state index is 0.0935. The van der Waals surface area contributed by atoms with E-state index in [2.05, 4.69) is 0 Å². The van der Waals surface area contributed by atoms with Crippen LogP contribution < -0.4 is 9.47 Å². The summed E-state index contributed by atoms with van der Waals surface area (Å²) in [6.45, 7) is 7.72. The first-order chi connectivity index (χ1) is 11.5. The Bertz CT molecular complexity index is 718. The predicted octanol–water partition coefficient (Wildman–Crippen LogP) is 4.42. The van der Waals surface area contributed by atoms with Crippen molar-refractivity contribution in [2.75, 3.05) is 13.1 Å². The zero-order chi connectivity index (χ0) is 17.1. The van der Waals surface area contributed by atoms with E-state index in [0.717, 1.165) is 36.6 Å². The fourth-order valence-corrected chi connectivity index (χ4v) is 2.62. The molecule has 4 heteroatoms. The highest BCUT2D eigenvalue weighted by molar-refractivity contribution is 5.94. The normalized spacial score (nSPS) is 13.6. The Kier molecular flexibility index (Phi) is 4.74. The predicted molar refractivity (Wildman–Crippen MR) is 94.0 cm³/mol. The average molecular weight is 325 g/mol. The standard InChI is InChI=1S/C20H23NO3/c1-14(2)23-18-11-15(3)12-19(13-18)24-17-7-5-16(6-8-17)20(22)21-9-4-10-21/h5-8,11-14H,4,9-10H2,1-3H3. The van der Waals surface area contributed by atoms with E-state index >= 15 is 0 Å². The molecule has 0 atom stereocenters. The zero-order valence-corrected chi connectivity index (χ0v) is 14.4. The lowest BCUT2D eigenvalue weighted by Crippen LogP contribution is -2.41. The van der Waals surface area contributed by atoms with Crippen LogP contribution in [-0.2, 0) is 0 Å². The van der Waals surface area contributed by atoms with Crippen molar-refractivity contribution in [1.82, 2.24) is 4.90 Å². The summed E-state index contributed by atoms with van der Waals surface area (Å²) in [4.78, 5) is 14.0. The van der Waals surface area contributed by atoms with Gasteiger partial charge in [-0.3, -0.25) is 4.79 Å². The first-order valence-electron chi connectivity index (χ1n) is 8.37. The van der Waals surface area contributed by atoms with Gasteiger partial charge < -0.3 is 14.4 Å². The number of carbonyl (C=O) groups is 1. The Labute approximate surface area is 143 Å². The van der Waals surface area contributed by atoms with Crippen molar-refractivity contribution < 1.29 is 14.3 Å². The highest BCUT2D eigenvalue weighted by atomic mass is 16.5. The molecule has 1 aliphatic rings. The lowest BCUT2D eigenvalue weighted by molar-refractivity contribution is 0.0652. The van der Waals surface area contributed by atoms with Crippen molar-refractivity contribution in [3.63, 3.8) is 0 Å². The molecule has 2 aromatic rings. The second kappa shape index (κ2) is 6.95. The highest BCUT2D eigenvalue weighted by Crippen LogP contribution is 2.28. The summed E-state index contributed by atoms with van der Waals surface area (Å²) >= 11 is 0. The number of hydrogen-bond acceptors (Lipinski definition) is 3. The van der Waals surface area contributed by atoms with Crippen LogP contribution in [0, 0.1) is 6.92 Å². The van der Waals surface area contributed by atoms with Crippen LogP contribution >= 0.6 is 0 Å². The van der Waals surface area contributed by atoms with Crippen LogP contribution in [0.4, 0.5) is 0 Å². The molecule has 126 valence electrons. The molecule has 4 nitrogen and oxygen atoms in total. The molecule has 1 aliphatic heterocycles. The molecular formula is C20H23NO3. The van der Waals surface area contributed by atoms with E-state index in [9.17, 15) is 4.79 Å². The second-order valence-corrected chi connectivity index (χ2v) is 6.42. The molecule has 0 unspecified atom stereocenters. The van der Waals surface area contributed by atoms with Gasteiger partial charge in [-0.05, 0) is 69.2 Å². The van der Waals surface area contributed by atoms with E-state index in [1.807, 2.05) is 68.1 Å². The summed E-state index contributed by atoms with van der Waals surface area (Å²) in [5.41, 5.74) is 1.78. The Hall–Kier alpha value is -2.49. The van der Waals surface area contributed by atoms with Crippen LogP contribution in [0.15, 0.2) is 42.5 Å². The number of benzene rings is 2. The van der Waals surface area contributed by atoms with Crippen LogP contribution in [0.1, 0.15) is 36.2 Å². The fourth-order valence-electron chi connectivity index (χ4n) is 2.62. The summed E-state index contributed by atoms with van der Waals surface area (Å²) in [7, 11) is 0. The number of amides is 1. The lowest BCUT2D eigenvalue weighted by Gasteiger charge is -2.30. The van der Waals surface area contributed by atoms with Crippen LogP contribution in [0.25, 0.3) is 0 Å². The van der Waals surface area contributed by atoms with E-state index in [1.165, 1.54) is 0 Å². The van der Waals surface area contributed by atoms with E-state index in [0.29, 0.717) is 11.3 Å². The molecule has 0 saturated carbocycles. The van der Waals surface area contributed by atoms with Crippen molar-refractivity contribution >= 4 is 5.91 Å². The van der Waals surface area contributed by atoms with Gasteiger partial charge in [-0.1, -0.05) is 0 Å². The number of nitrogens with zero attached hydrogens (tertiary/aromatic N) is 1. The highest BCUT2D eigenvalue weighted by Gasteiger charge is 2.21. The number of carbonyl (C=O) groups excluding carboxylic acids is 1. The minimum absolute atomic E-state index is 0.0935. The Morgan fingerprint density at radius 1 is 1.00 bits per heavy atom. The van der Waals surface area contributed by atoms with Crippen LogP contribution in [0.2, 0.25) is 0 Å². The molecule has 1 saturated heterocycles. The molecule has 0 N–H and O–H groups in total. The zero-order valence-electron chi connectivity index (χ0n) is 14.4. The van der Waals surface area contributed by atoms with Gasteiger partial charge in [0, 0.05) is 24.7 Å². The number of likely N-dealkylation sites (tertiary alicyclic amines) is 1. The molecule has 0 radical (unpaired) electrons. The number of ether oxygens (including phenoxy) is 2. The molecular weight excluding hydrogens is 302 g/mol. The van der Waals surface area contributed by atoms with Crippen molar-refractivity contribution in [3.8, 4) is 17.2 Å². The molecule has 1 amide bonds. The third kappa shape index (κ3) is 3.88. The van der Waals surface area contributed by atoms with E-state index in [4.69, 9.17) is 9.47 Å². The first kappa shape index (κ1) is 16.4. The molecule has 2 aromatic carbocycles. The molecule has 1 fully saturated rings. The van der Waals surface area contributed by atoms with Gasteiger partial charge in [-0.25, -0.2) is 0 Å². The maximum atomic E-state index is 12.2. The Morgan fingerprint density at radius 2 is 1.67 bits per heavy atom. The van der Waals surface area contributed by atoms with Gasteiger partial charge in [-0.2, -0.15) is 0 Å². The smallest absolute Gasteiger partial charge is 0.253 e. The van der Waals surface area contributed by atoms with Gasteiger partial charge in [0.05, 0.1) is 6.10 Å². The Morgan fingerprint density at radius 3 is 2.25 bits per heavy atom. The molecule has 0 aromatic heterocycles. The quantitative estimate of drug-likeness (QED) is 0.817. The van der Waals surface area contributed by atoms with Gasteiger partial charge >= 0.3 is 0 Å². The minimum Gasteiger partial charge on any atom is -0.491 e. The van der Waals surface area contributed by atoms with E-state index < -0.39 is 0 Å². The second-order valence-electron chi connectivity index (χ2n) is 6.42. The largest absolute Gasteiger partial charge is 0.491 e. The third-order valence-electron chi connectivity index (χ3n) is 3.88. The third-order valence-corrected chi connectivity index (χ3v) is 3.88. The molecule has 0 bridgehead atoms. The first-order valence-corrected chi connectivity index (χ1v) is 8.37. The SMILES string of the molecule is Cc1cc(Oc2ccc(C(=O)N3CCC3)cc2)cc(OC(C)C)c1. The summed E-state index contributed by atoms with van der Waals surface area (Å²) in [5, 5.41) is 0. The van der Waals surface area contributed by atoms with Crippen molar-refractivity contribution in [3.05, 3.63) is 53.6 Å². The maximum absolute atomic E-state index is 12.2. The van der Waals surface area contributed by atoms with Crippen LogP contribution in [0.3, 0.4) is 0 Å². The maximum Gasteiger partial charge on any atom is 0.253 e. The van der Waals surface area contributed by atoms with Crippen LogP contribution in [-0.4, -0.2) is 30.0 Å². The molecule has 1 heterocycles. The van der Waals surface area contributed by atoms with Gasteiger partial charge in [0.2, 0.25) is 0 Å². The molecule has 3 rings (SSSR count). The van der Waals surface area contributed by atoms with Crippen molar-refractivity contribution in [1.29, 1.82) is 0 Å². The molecule has 24 heavy (non-hydrogen) atoms. The number of hydrogen-bond donors (Lipinski definition) is 0. The van der Waals surface area contributed by atoms with E-state index in [-0.39, 0.29) is 12.0 Å². The molecule has 0 spiro atoms. The monoisotopic (exact) mass is 325 g/mol. The number of rotatable bonds is 5. The van der Waals surface area contributed by atoms with Gasteiger partial charge in [-0.15, -0.1) is 0 Å². The fraction of sp³-hybridized carbons (Fsp3) is 0.350. The van der Waals surface area contributed by atoms with Gasteiger partial charge in [0.15, 0.2) is 0 Å². The summed E-state index contributed by atoms with van der Waals surface area (Å²) in [5.74, 6) is 2.32. The lowest BCUT2D eigenvalue weighted by atomic mass is 10.1. The summed E-state index contributed by atoms with van der Waals surface area (Å²) in [6.07, 6.45) is 1.22. The van der Waals surface area contributed by atoms with Crippen LogP contribution in [0.5, 0.6) is 17.2 Å². The van der Waals surface area contributed by atoms with Crippen molar-refractivity contribution in [2.24, 2.45) is 0 Å². The number of aryl methyl sites for hydroxylation is 1. The summed E-state index contributed by atoms with van der Waals surface area (Å²) < 4.78 is 11.7. The van der Waals surface area contributed by atoms with Crippen molar-refractivity contribution in [2.45, 2.75) is 33.3 Å². The molecule has 0 aliphatic carbocycles. The topological polar surface area (TPSA) is 38.8 Å². The Balaban J connectivity index is 1.71. The average Bonchev–Trinajstić information content (AvgIpc) is 2.44. The van der Waals surface area contributed by atoms with E-state index in [1.54, 1.807) is 0 Å². The van der Waals surface area contributed by atoms with Gasteiger partial charge in [0.25, 0.3) is 5.91 Å². The summed E-state index contributed by atoms with van der Waals surface area (Å²) in [6, 6.07) is 13.1. The van der Waals surface area contributed by atoms with Gasteiger partial charge in [0.1, 0.15) is 17.2 Å².